The van der Waals surface area contributed by atoms with Gasteiger partial charge in [-0.2, -0.15) is 0 Å². The maximum Gasteiger partial charge on any atom is 0.275 e. The van der Waals surface area contributed by atoms with Crippen LogP contribution in [0.2, 0.25) is 0 Å². The number of pyridine rings is 1. The summed E-state index contributed by atoms with van der Waals surface area (Å²) in [6, 6.07) is 19.4. The molecule has 2 aromatic heterocycles. The number of hydrogen-bond donors (Lipinski definition) is 1. The number of nitrogens with zero attached hydrogens (tertiary/aromatic N) is 2. The van der Waals surface area contributed by atoms with Gasteiger partial charge in [-0.25, -0.2) is 8.42 Å². The van der Waals surface area contributed by atoms with Gasteiger partial charge in [0.2, 0.25) is 5.91 Å². The summed E-state index contributed by atoms with van der Waals surface area (Å²) in [6.45, 7) is 0.404. The van der Waals surface area contributed by atoms with Crippen molar-refractivity contribution in [3.8, 4) is 0 Å². The quantitative estimate of drug-likeness (QED) is 0.504. The minimum absolute atomic E-state index is 0.154. The summed E-state index contributed by atoms with van der Waals surface area (Å²) >= 11 is 0. The summed E-state index contributed by atoms with van der Waals surface area (Å²) in [5.41, 5.74) is 1.82. The van der Waals surface area contributed by atoms with Gasteiger partial charge in [-0.1, -0.05) is 30.3 Å². The molecule has 7 nitrogen and oxygen atoms in total. The minimum atomic E-state index is -3.30. The van der Waals surface area contributed by atoms with E-state index >= 15 is 0 Å². The standard InChI is InChI=1S/C23H21N3O4S/c1-31(29,30)20-9-7-19(8-10-20)24-21(27)16-26-14-12-18-11-13-25(22(18)23(26)28)15-17-5-3-2-4-6-17/h2-14H,15-16H2,1H3,(H,24,27). The Balaban J connectivity index is 1.54. The van der Waals surface area contributed by atoms with Gasteiger partial charge in [-0.3, -0.25) is 9.59 Å². The number of fused-ring (bicyclic) bond motifs is 1. The van der Waals surface area contributed by atoms with E-state index in [1.54, 1.807) is 6.20 Å². The molecule has 2 aromatic carbocycles. The van der Waals surface area contributed by atoms with E-state index < -0.39 is 9.84 Å². The van der Waals surface area contributed by atoms with Crippen molar-refractivity contribution in [1.82, 2.24) is 9.13 Å². The van der Waals surface area contributed by atoms with Crippen molar-refractivity contribution < 1.29 is 13.2 Å². The van der Waals surface area contributed by atoms with E-state index in [1.165, 1.54) is 28.8 Å². The van der Waals surface area contributed by atoms with Crippen molar-refractivity contribution in [3.63, 3.8) is 0 Å². The number of sulfone groups is 1. The predicted molar refractivity (Wildman–Crippen MR) is 120 cm³/mol. The Bertz CT molecular complexity index is 1400. The van der Waals surface area contributed by atoms with Crippen LogP contribution in [-0.2, 0) is 27.7 Å². The molecule has 0 spiro atoms. The lowest BCUT2D eigenvalue weighted by molar-refractivity contribution is -0.116. The summed E-state index contributed by atoms with van der Waals surface area (Å²) in [7, 11) is -3.30. The number of rotatable bonds is 6. The van der Waals surface area contributed by atoms with E-state index in [-0.39, 0.29) is 22.9 Å². The smallest absolute Gasteiger partial charge is 0.275 e. The zero-order valence-corrected chi connectivity index (χ0v) is 17.7. The number of carbonyl (C=O) groups is 1. The summed E-state index contributed by atoms with van der Waals surface area (Å²) in [6.07, 6.45) is 4.59. The number of carbonyl (C=O) groups excluding carboxylic acids is 1. The van der Waals surface area contributed by atoms with E-state index in [9.17, 15) is 18.0 Å². The Hall–Kier alpha value is -3.65. The Morgan fingerprint density at radius 1 is 0.903 bits per heavy atom. The average Bonchev–Trinajstić information content (AvgIpc) is 3.14. The Morgan fingerprint density at radius 3 is 2.19 bits per heavy atom. The second kappa shape index (κ2) is 8.23. The number of anilines is 1. The molecule has 0 saturated carbocycles. The number of hydrogen-bond acceptors (Lipinski definition) is 4. The number of benzene rings is 2. The van der Waals surface area contributed by atoms with Crippen LogP contribution in [0.4, 0.5) is 5.69 Å². The average molecular weight is 436 g/mol. The predicted octanol–water partition coefficient (Wildman–Crippen LogP) is 2.89. The molecule has 0 aliphatic carbocycles. The normalized spacial score (nSPS) is 11.5. The summed E-state index contributed by atoms with van der Waals surface area (Å²) < 4.78 is 26.3. The molecular weight excluding hydrogens is 414 g/mol. The molecule has 0 radical (unpaired) electrons. The van der Waals surface area contributed by atoms with Crippen LogP contribution in [0.15, 0.2) is 88.8 Å². The van der Waals surface area contributed by atoms with E-state index in [4.69, 9.17) is 0 Å². The highest BCUT2D eigenvalue weighted by Crippen LogP contribution is 2.15. The van der Waals surface area contributed by atoms with Crippen LogP contribution in [0.1, 0.15) is 5.56 Å². The zero-order valence-electron chi connectivity index (χ0n) is 16.9. The molecule has 0 unspecified atom stereocenters. The van der Waals surface area contributed by atoms with Gasteiger partial charge in [0.1, 0.15) is 12.1 Å². The van der Waals surface area contributed by atoms with E-state index in [1.807, 2.05) is 53.2 Å². The highest BCUT2D eigenvalue weighted by atomic mass is 32.2. The highest BCUT2D eigenvalue weighted by molar-refractivity contribution is 7.90. The second-order valence-corrected chi connectivity index (χ2v) is 9.34. The first-order valence-electron chi connectivity index (χ1n) is 9.63. The largest absolute Gasteiger partial charge is 0.339 e. The molecule has 31 heavy (non-hydrogen) atoms. The molecule has 0 atom stereocenters. The molecular formula is C23H21N3O4S. The summed E-state index contributed by atoms with van der Waals surface area (Å²) in [4.78, 5) is 25.7. The van der Waals surface area contributed by atoms with Crippen LogP contribution in [-0.4, -0.2) is 29.7 Å². The maximum atomic E-state index is 13.0. The highest BCUT2D eigenvalue weighted by Gasteiger charge is 2.12. The lowest BCUT2D eigenvalue weighted by atomic mass is 10.2. The summed E-state index contributed by atoms with van der Waals surface area (Å²) in [5.74, 6) is -0.380. The molecule has 0 fully saturated rings. The topological polar surface area (TPSA) is 90.2 Å². The van der Waals surface area contributed by atoms with Crippen LogP contribution >= 0.6 is 0 Å². The van der Waals surface area contributed by atoms with Gasteiger partial charge >= 0.3 is 0 Å². The zero-order chi connectivity index (χ0) is 22.0. The lowest BCUT2D eigenvalue weighted by Crippen LogP contribution is -2.28. The van der Waals surface area contributed by atoms with Crippen molar-refractivity contribution in [2.75, 3.05) is 11.6 Å². The third-order valence-electron chi connectivity index (χ3n) is 4.97. The first kappa shape index (κ1) is 20.6. The number of nitrogens with one attached hydrogen (secondary N) is 1. The lowest BCUT2D eigenvalue weighted by Gasteiger charge is -2.10. The third kappa shape index (κ3) is 4.59. The molecule has 1 amide bonds. The van der Waals surface area contributed by atoms with E-state index in [2.05, 4.69) is 5.32 Å². The van der Waals surface area contributed by atoms with Gasteiger partial charge in [-0.05, 0) is 42.0 Å². The fourth-order valence-electron chi connectivity index (χ4n) is 3.42. The molecule has 4 rings (SSSR count). The summed E-state index contributed by atoms with van der Waals surface area (Å²) in [5, 5.41) is 3.51. The van der Waals surface area contributed by atoms with Crippen molar-refractivity contribution in [1.29, 1.82) is 0 Å². The second-order valence-electron chi connectivity index (χ2n) is 7.33. The van der Waals surface area contributed by atoms with Crippen molar-refractivity contribution in [2.45, 2.75) is 18.0 Å². The minimum Gasteiger partial charge on any atom is -0.339 e. The van der Waals surface area contributed by atoms with Gasteiger partial charge in [0.05, 0.1) is 4.90 Å². The van der Waals surface area contributed by atoms with Crippen molar-refractivity contribution in [3.05, 3.63) is 95.0 Å². The SMILES string of the molecule is CS(=O)(=O)c1ccc(NC(=O)Cn2ccc3ccn(Cc4ccccc4)c3c2=O)cc1. The van der Waals surface area contributed by atoms with Crippen LogP contribution in [0.25, 0.3) is 10.9 Å². The van der Waals surface area contributed by atoms with Crippen LogP contribution < -0.4 is 10.9 Å². The fraction of sp³-hybridized carbons (Fsp3) is 0.130. The Labute approximate surface area is 179 Å². The van der Waals surface area contributed by atoms with Crippen LogP contribution in [0.5, 0.6) is 0 Å². The van der Waals surface area contributed by atoms with Gasteiger partial charge in [0.25, 0.3) is 5.56 Å². The maximum absolute atomic E-state index is 13.0. The molecule has 1 N–H and O–H groups in total. The van der Waals surface area contributed by atoms with E-state index in [0.29, 0.717) is 17.7 Å². The first-order valence-corrected chi connectivity index (χ1v) is 11.5. The van der Waals surface area contributed by atoms with Crippen LogP contribution in [0, 0.1) is 0 Å². The Morgan fingerprint density at radius 2 is 1.55 bits per heavy atom. The van der Waals surface area contributed by atoms with E-state index in [0.717, 1.165) is 17.2 Å². The molecule has 0 aliphatic heterocycles. The Kier molecular flexibility index (Phi) is 5.48. The third-order valence-corrected chi connectivity index (χ3v) is 6.10. The number of aromatic nitrogens is 2. The van der Waals surface area contributed by atoms with Crippen molar-refractivity contribution >= 4 is 32.3 Å². The van der Waals surface area contributed by atoms with Gasteiger partial charge in [0, 0.05) is 36.3 Å². The monoisotopic (exact) mass is 435 g/mol. The van der Waals surface area contributed by atoms with Crippen LogP contribution in [0.3, 0.4) is 0 Å². The number of amides is 1. The fourth-order valence-corrected chi connectivity index (χ4v) is 4.05. The molecule has 0 saturated heterocycles. The van der Waals surface area contributed by atoms with Crippen molar-refractivity contribution in [2.24, 2.45) is 0 Å². The molecule has 0 aliphatic rings. The van der Waals surface area contributed by atoms with Gasteiger partial charge in [0.15, 0.2) is 9.84 Å². The molecule has 0 bridgehead atoms. The first-order chi connectivity index (χ1) is 14.8. The molecule has 158 valence electrons. The molecule has 8 heteroatoms. The molecule has 2 heterocycles. The van der Waals surface area contributed by atoms with Gasteiger partial charge in [-0.15, -0.1) is 0 Å². The van der Waals surface area contributed by atoms with Gasteiger partial charge < -0.3 is 14.5 Å². The molecule has 4 aromatic rings.